The predicted molar refractivity (Wildman–Crippen MR) is 82.0 cm³/mol. The van der Waals surface area contributed by atoms with Gasteiger partial charge in [-0.05, 0) is 27.2 Å². The molecule has 6 heteroatoms. The van der Waals surface area contributed by atoms with E-state index in [2.05, 4.69) is 27.5 Å². The van der Waals surface area contributed by atoms with Crippen molar-refractivity contribution in [2.24, 2.45) is 0 Å². The number of rotatable bonds is 8. The van der Waals surface area contributed by atoms with E-state index in [0.717, 1.165) is 31.7 Å². The molecule has 0 aliphatic heterocycles. The molecule has 1 aromatic rings. The fourth-order valence-electron chi connectivity index (χ4n) is 1.83. The molecular weight excluding hydrogens is 254 g/mol. The number of amides is 1. The Morgan fingerprint density at radius 2 is 1.90 bits per heavy atom. The van der Waals surface area contributed by atoms with Gasteiger partial charge in [0.25, 0.3) is 0 Å². The van der Waals surface area contributed by atoms with Gasteiger partial charge in [0.15, 0.2) is 0 Å². The molecule has 112 valence electrons. The van der Waals surface area contributed by atoms with Crippen LogP contribution < -0.4 is 10.6 Å². The Hall–Kier alpha value is -1.85. The average Bonchev–Trinajstić information content (AvgIpc) is 2.43. The van der Waals surface area contributed by atoms with E-state index in [1.165, 1.54) is 0 Å². The zero-order valence-corrected chi connectivity index (χ0v) is 12.9. The number of aryl methyl sites for hydroxylation is 1. The van der Waals surface area contributed by atoms with Gasteiger partial charge in [-0.15, -0.1) is 0 Å². The minimum atomic E-state index is 0.0781. The molecule has 0 radical (unpaired) electrons. The van der Waals surface area contributed by atoms with Gasteiger partial charge < -0.3 is 15.5 Å². The van der Waals surface area contributed by atoms with E-state index in [1.54, 1.807) is 4.90 Å². The van der Waals surface area contributed by atoms with Crippen molar-refractivity contribution in [2.75, 3.05) is 36.8 Å². The lowest BCUT2D eigenvalue weighted by molar-refractivity contribution is -0.128. The van der Waals surface area contributed by atoms with E-state index >= 15 is 0 Å². The van der Waals surface area contributed by atoms with Crippen molar-refractivity contribution in [1.29, 1.82) is 0 Å². The van der Waals surface area contributed by atoms with Crippen molar-refractivity contribution >= 4 is 17.7 Å². The Morgan fingerprint density at radius 3 is 2.50 bits per heavy atom. The summed E-state index contributed by atoms with van der Waals surface area (Å²) in [4.78, 5) is 22.4. The summed E-state index contributed by atoms with van der Waals surface area (Å²) in [7, 11) is 0. The van der Waals surface area contributed by atoms with Crippen LogP contribution in [0.3, 0.4) is 0 Å². The molecule has 0 saturated heterocycles. The molecule has 1 amide bonds. The van der Waals surface area contributed by atoms with Crippen LogP contribution in [0.25, 0.3) is 0 Å². The number of hydrogen-bond acceptors (Lipinski definition) is 5. The van der Waals surface area contributed by atoms with Gasteiger partial charge >= 0.3 is 0 Å². The van der Waals surface area contributed by atoms with Crippen LogP contribution in [-0.4, -0.2) is 47.0 Å². The van der Waals surface area contributed by atoms with E-state index in [-0.39, 0.29) is 12.5 Å². The van der Waals surface area contributed by atoms with E-state index in [4.69, 9.17) is 0 Å². The Labute approximate surface area is 121 Å². The van der Waals surface area contributed by atoms with Crippen molar-refractivity contribution in [3.8, 4) is 0 Å². The summed E-state index contributed by atoms with van der Waals surface area (Å²) in [5.74, 6) is 1.36. The summed E-state index contributed by atoms with van der Waals surface area (Å²) in [6, 6.07) is 1.84. The first-order chi connectivity index (χ1) is 9.60. The molecule has 0 unspecified atom stereocenters. The van der Waals surface area contributed by atoms with E-state index in [0.29, 0.717) is 11.8 Å². The highest BCUT2D eigenvalue weighted by atomic mass is 16.2. The van der Waals surface area contributed by atoms with Gasteiger partial charge in [0, 0.05) is 31.4 Å². The van der Waals surface area contributed by atoms with Gasteiger partial charge in [0.1, 0.15) is 5.82 Å². The molecule has 2 N–H and O–H groups in total. The van der Waals surface area contributed by atoms with E-state index in [1.807, 2.05) is 26.8 Å². The van der Waals surface area contributed by atoms with Gasteiger partial charge in [-0.3, -0.25) is 4.79 Å². The second-order valence-electron chi connectivity index (χ2n) is 4.56. The zero-order valence-electron chi connectivity index (χ0n) is 12.9. The molecule has 0 saturated carbocycles. The molecule has 1 aromatic heterocycles. The lowest BCUT2D eigenvalue weighted by Gasteiger charge is -2.19. The smallest absolute Gasteiger partial charge is 0.241 e. The van der Waals surface area contributed by atoms with Crippen LogP contribution in [0.5, 0.6) is 0 Å². The lowest BCUT2D eigenvalue weighted by atomic mass is 10.4. The predicted octanol–water partition coefficient (Wildman–Crippen LogP) is 1.89. The standard InChI is InChI=1S/C14H25N5O/c1-5-8-15-14-17-11(4)9-12(18-14)16-10-13(20)19(6-2)7-3/h9H,5-8,10H2,1-4H3,(H2,15,16,17,18). The first-order valence-corrected chi connectivity index (χ1v) is 7.21. The fraction of sp³-hybridized carbons (Fsp3) is 0.643. The third-order valence-corrected chi connectivity index (χ3v) is 2.92. The van der Waals surface area contributed by atoms with E-state index in [9.17, 15) is 4.79 Å². The summed E-state index contributed by atoms with van der Waals surface area (Å²) >= 11 is 0. The van der Waals surface area contributed by atoms with Crippen LogP contribution in [0.15, 0.2) is 6.07 Å². The molecule has 20 heavy (non-hydrogen) atoms. The second kappa shape index (κ2) is 8.35. The number of aromatic nitrogens is 2. The van der Waals surface area contributed by atoms with Gasteiger partial charge in [-0.2, -0.15) is 4.98 Å². The van der Waals surface area contributed by atoms with Crippen molar-refractivity contribution in [2.45, 2.75) is 34.1 Å². The molecule has 0 spiro atoms. The van der Waals surface area contributed by atoms with Crippen LogP contribution in [0.4, 0.5) is 11.8 Å². The van der Waals surface area contributed by atoms with Crippen LogP contribution in [0.2, 0.25) is 0 Å². The highest BCUT2D eigenvalue weighted by Gasteiger charge is 2.09. The molecule has 0 atom stereocenters. The molecule has 0 fully saturated rings. The first-order valence-electron chi connectivity index (χ1n) is 7.21. The maximum absolute atomic E-state index is 11.9. The Balaban J connectivity index is 2.63. The normalized spacial score (nSPS) is 10.2. The minimum absolute atomic E-state index is 0.0781. The maximum Gasteiger partial charge on any atom is 0.241 e. The quantitative estimate of drug-likeness (QED) is 0.760. The van der Waals surface area contributed by atoms with Crippen LogP contribution in [0.1, 0.15) is 32.9 Å². The molecule has 0 bridgehead atoms. The number of likely N-dealkylation sites (N-methyl/N-ethyl adjacent to an activating group) is 1. The Bertz CT molecular complexity index is 432. The third kappa shape index (κ3) is 5.03. The number of anilines is 2. The van der Waals surface area contributed by atoms with Crippen LogP contribution in [0, 0.1) is 6.92 Å². The number of nitrogens with one attached hydrogen (secondary N) is 2. The topological polar surface area (TPSA) is 70.2 Å². The molecule has 0 aliphatic rings. The highest BCUT2D eigenvalue weighted by Crippen LogP contribution is 2.09. The van der Waals surface area contributed by atoms with Crippen molar-refractivity contribution in [3.63, 3.8) is 0 Å². The highest BCUT2D eigenvalue weighted by molar-refractivity contribution is 5.80. The monoisotopic (exact) mass is 279 g/mol. The summed E-state index contributed by atoms with van der Waals surface area (Å²) in [6.45, 7) is 10.5. The van der Waals surface area contributed by atoms with Crippen LogP contribution in [-0.2, 0) is 4.79 Å². The molecule has 1 rings (SSSR count). The summed E-state index contributed by atoms with van der Waals surface area (Å²) < 4.78 is 0. The summed E-state index contributed by atoms with van der Waals surface area (Å²) in [5.41, 5.74) is 0.872. The Kier molecular flexibility index (Phi) is 6.76. The maximum atomic E-state index is 11.9. The summed E-state index contributed by atoms with van der Waals surface area (Å²) in [6.07, 6.45) is 1.01. The SMILES string of the molecule is CCCNc1nc(C)cc(NCC(=O)N(CC)CC)n1. The largest absolute Gasteiger partial charge is 0.361 e. The summed E-state index contributed by atoms with van der Waals surface area (Å²) in [5, 5.41) is 6.22. The second-order valence-corrected chi connectivity index (χ2v) is 4.56. The molecule has 0 aromatic carbocycles. The number of nitrogens with zero attached hydrogens (tertiary/aromatic N) is 3. The van der Waals surface area contributed by atoms with E-state index < -0.39 is 0 Å². The van der Waals surface area contributed by atoms with Gasteiger partial charge in [-0.1, -0.05) is 6.92 Å². The third-order valence-electron chi connectivity index (χ3n) is 2.92. The molecular formula is C14H25N5O. The van der Waals surface area contributed by atoms with Gasteiger partial charge in [0.05, 0.1) is 6.54 Å². The molecule has 0 aliphatic carbocycles. The van der Waals surface area contributed by atoms with Crippen molar-refractivity contribution < 1.29 is 4.79 Å². The Morgan fingerprint density at radius 1 is 1.20 bits per heavy atom. The lowest BCUT2D eigenvalue weighted by Crippen LogP contribution is -2.35. The van der Waals surface area contributed by atoms with Gasteiger partial charge in [-0.25, -0.2) is 4.98 Å². The molecule has 1 heterocycles. The molecule has 6 nitrogen and oxygen atoms in total. The minimum Gasteiger partial charge on any atom is -0.361 e. The first kappa shape index (κ1) is 16.2. The number of carbonyl (C=O) groups is 1. The van der Waals surface area contributed by atoms with Crippen molar-refractivity contribution in [3.05, 3.63) is 11.8 Å². The zero-order chi connectivity index (χ0) is 15.0. The average molecular weight is 279 g/mol. The van der Waals surface area contributed by atoms with Crippen LogP contribution >= 0.6 is 0 Å². The number of hydrogen-bond donors (Lipinski definition) is 2. The van der Waals surface area contributed by atoms with Gasteiger partial charge in [0.2, 0.25) is 11.9 Å². The van der Waals surface area contributed by atoms with Crippen molar-refractivity contribution in [1.82, 2.24) is 14.9 Å². The number of carbonyl (C=O) groups excluding carboxylic acids is 1. The fourth-order valence-corrected chi connectivity index (χ4v) is 1.83.